The van der Waals surface area contributed by atoms with Gasteiger partial charge >= 0.3 is 0 Å². The number of nitrogens with two attached hydrogens (primary N) is 1. The van der Waals surface area contributed by atoms with E-state index in [1.807, 2.05) is 0 Å². The first-order valence-electron chi connectivity index (χ1n) is 6.80. The SMILES string of the molecule is COc1cc(C2C[C@H](O)C(O)C(O)[C@@H]2N)cc2c1OCO2. The minimum atomic E-state index is -1.23. The Balaban J connectivity index is 1.96. The zero-order valence-electron chi connectivity index (χ0n) is 11.6. The third-order valence-electron chi connectivity index (χ3n) is 4.21. The van der Waals surface area contributed by atoms with Crippen molar-refractivity contribution in [1.29, 1.82) is 0 Å². The number of fused-ring (bicyclic) bond motifs is 1. The zero-order valence-corrected chi connectivity index (χ0v) is 11.6. The lowest BCUT2D eigenvalue weighted by atomic mass is 9.76. The van der Waals surface area contributed by atoms with Crippen molar-refractivity contribution in [2.45, 2.75) is 36.7 Å². The maximum absolute atomic E-state index is 9.95. The predicted octanol–water partition coefficient (Wildman–Crippen LogP) is -0.679. The van der Waals surface area contributed by atoms with Crippen LogP contribution in [0.3, 0.4) is 0 Å². The molecule has 0 radical (unpaired) electrons. The van der Waals surface area contributed by atoms with Gasteiger partial charge in [-0.2, -0.15) is 0 Å². The van der Waals surface area contributed by atoms with Gasteiger partial charge in [0, 0.05) is 12.0 Å². The van der Waals surface area contributed by atoms with Gasteiger partial charge in [0.05, 0.1) is 19.3 Å². The first-order chi connectivity index (χ1) is 10.0. The Morgan fingerprint density at radius 2 is 1.95 bits per heavy atom. The highest BCUT2D eigenvalue weighted by Crippen LogP contribution is 2.45. The molecule has 116 valence electrons. The highest BCUT2D eigenvalue weighted by Gasteiger charge is 2.42. The second kappa shape index (κ2) is 5.34. The van der Waals surface area contributed by atoms with Gasteiger partial charge in [-0.15, -0.1) is 0 Å². The van der Waals surface area contributed by atoms with E-state index in [0.29, 0.717) is 17.2 Å². The van der Waals surface area contributed by atoms with E-state index in [4.69, 9.17) is 19.9 Å². The molecule has 5 atom stereocenters. The Labute approximate surface area is 121 Å². The first-order valence-corrected chi connectivity index (χ1v) is 6.80. The van der Waals surface area contributed by atoms with Crippen molar-refractivity contribution in [2.75, 3.05) is 13.9 Å². The van der Waals surface area contributed by atoms with Crippen LogP contribution >= 0.6 is 0 Å². The molecule has 1 heterocycles. The lowest BCUT2D eigenvalue weighted by Crippen LogP contribution is -2.56. The van der Waals surface area contributed by atoms with Gasteiger partial charge in [0.1, 0.15) is 6.10 Å². The summed E-state index contributed by atoms with van der Waals surface area (Å²) in [5.41, 5.74) is 6.78. The topological polar surface area (TPSA) is 114 Å². The number of aliphatic hydroxyl groups is 3. The predicted molar refractivity (Wildman–Crippen MR) is 72.5 cm³/mol. The molecule has 1 aromatic rings. The Bertz CT molecular complexity index is 536. The average Bonchev–Trinajstić information content (AvgIpc) is 2.96. The molecule has 0 spiro atoms. The summed E-state index contributed by atoms with van der Waals surface area (Å²) < 4.78 is 16.0. The third kappa shape index (κ3) is 2.32. The van der Waals surface area contributed by atoms with Crippen molar-refractivity contribution in [1.82, 2.24) is 0 Å². The second-order valence-corrected chi connectivity index (χ2v) is 5.43. The molecule has 1 aliphatic heterocycles. The Kier molecular flexibility index (Phi) is 3.66. The zero-order chi connectivity index (χ0) is 15.1. The average molecular weight is 297 g/mol. The van der Waals surface area contributed by atoms with E-state index in [1.54, 1.807) is 12.1 Å². The Morgan fingerprint density at radius 3 is 2.67 bits per heavy atom. The summed E-state index contributed by atoms with van der Waals surface area (Å²) in [5.74, 6) is 1.28. The van der Waals surface area contributed by atoms with E-state index in [2.05, 4.69) is 0 Å². The molecule has 21 heavy (non-hydrogen) atoms. The van der Waals surface area contributed by atoms with Crippen LogP contribution in [0.2, 0.25) is 0 Å². The fourth-order valence-electron chi connectivity index (χ4n) is 2.97. The number of benzene rings is 1. The fourth-order valence-corrected chi connectivity index (χ4v) is 2.97. The molecule has 1 saturated carbocycles. The smallest absolute Gasteiger partial charge is 0.231 e. The van der Waals surface area contributed by atoms with E-state index < -0.39 is 24.4 Å². The summed E-state index contributed by atoms with van der Waals surface area (Å²) >= 11 is 0. The molecule has 1 fully saturated rings. The first kappa shape index (κ1) is 14.4. The van der Waals surface area contributed by atoms with Crippen LogP contribution in [-0.2, 0) is 0 Å². The normalized spacial score (nSPS) is 34.8. The van der Waals surface area contributed by atoms with Crippen LogP contribution in [0.1, 0.15) is 17.9 Å². The lowest BCUT2D eigenvalue weighted by Gasteiger charge is -2.39. The number of rotatable bonds is 2. The molecule has 2 aliphatic rings. The Hall–Kier alpha value is -1.54. The van der Waals surface area contributed by atoms with Crippen molar-refractivity contribution in [3.8, 4) is 17.2 Å². The highest BCUT2D eigenvalue weighted by molar-refractivity contribution is 5.56. The van der Waals surface area contributed by atoms with Crippen molar-refractivity contribution in [3.05, 3.63) is 17.7 Å². The van der Waals surface area contributed by atoms with Gasteiger partial charge in [0.2, 0.25) is 12.5 Å². The molecule has 0 aromatic heterocycles. The monoisotopic (exact) mass is 297 g/mol. The molecule has 1 aromatic carbocycles. The van der Waals surface area contributed by atoms with Crippen LogP contribution in [0.25, 0.3) is 0 Å². The number of ether oxygens (including phenoxy) is 3. The molecular formula is C14H19NO6. The van der Waals surface area contributed by atoms with Gasteiger partial charge in [-0.05, 0) is 24.1 Å². The largest absolute Gasteiger partial charge is 0.493 e. The van der Waals surface area contributed by atoms with Crippen LogP contribution in [0.5, 0.6) is 17.2 Å². The standard InChI is InChI=1S/C14H19NO6/c1-19-9-2-6(3-10-14(9)21-5-20-10)7-4-8(16)12(17)13(18)11(7)15/h2-3,7-8,11-13,16-18H,4-5,15H2,1H3/t7?,8-,11+,12?,13?/m0/s1. The van der Waals surface area contributed by atoms with E-state index >= 15 is 0 Å². The van der Waals surface area contributed by atoms with E-state index in [1.165, 1.54) is 7.11 Å². The number of aliphatic hydroxyl groups excluding tert-OH is 3. The summed E-state index contributed by atoms with van der Waals surface area (Å²) in [6, 6.07) is 2.84. The molecule has 0 saturated heterocycles. The van der Waals surface area contributed by atoms with E-state index in [9.17, 15) is 15.3 Å². The van der Waals surface area contributed by atoms with Crippen molar-refractivity contribution < 1.29 is 29.5 Å². The quantitative estimate of drug-likeness (QED) is 0.572. The second-order valence-electron chi connectivity index (χ2n) is 5.43. The maximum Gasteiger partial charge on any atom is 0.231 e. The van der Waals surface area contributed by atoms with Gasteiger partial charge in [0.25, 0.3) is 0 Å². The highest BCUT2D eigenvalue weighted by atomic mass is 16.7. The van der Waals surface area contributed by atoms with Gasteiger partial charge in [-0.25, -0.2) is 0 Å². The van der Waals surface area contributed by atoms with Crippen LogP contribution < -0.4 is 19.9 Å². The number of hydrogen-bond donors (Lipinski definition) is 4. The van der Waals surface area contributed by atoms with Gasteiger partial charge in [-0.3, -0.25) is 0 Å². The molecule has 7 heteroatoms. The van der Waals surface area contributed by atoms with Crippen LogP contribution in [0.4, 0.5) is 0 Å². The summed E-state index contributed by atoms with van der Waals surface area (Å²) in [5, 5.41) is 29.5. The molecule has 3 rings (SSSR count). The minimum Gasteiger partial charge on any atom is -0.493 e. The van der Waals surface area contributed by atoms with Gasteiger partial charge in [-0.1, -0.05) is 0 Å². The van der Waals surface area contributed by atoms with Gasteiger partial charge < -0.3 is 35.3 Å². The van der Waals surface area contributed by atoms with Crippen molar-refractivity contribution >= 4 is 0 Å². The number of methoxy groups -OCH3 is 1. The fraction of sp³-hybridized carbons (Fsp3) is 0.571. The molecule has 0 bridgehead atoms. The van der Waals surface area contributed by atoms with Crippen LogP contribution in [0, 0.1) is 0 Å². The van der Waals surface area contributed by atoms with Crippen molar-refractivity contribution in [3.63, 3.8) is 0 Å². The molecule has 5 N–H and O–H groups in total. The summed E-state index contributed by atoms with van der Waals surface area (Å²) in [4.78, 5) is 0. The molecule has 7 nitrogen and oxygen atoms in total. The van der Waals surface area contributed by atoms with Crippen molar-refractivity contribution in [2.24, 2.45) is 5.73 Å². The van der Waals surface area contributed by atoms with Crippen LogP contribution in [0.15, 0.2) is 12.1 Å². The number of hydrogen-bond acceptors (Lipinski definition) is 7. The molecular weight excluding hydrogens is 278 g/mol. The summed E-state index contributed by atoms with van der Waals surface area (Å²) in [6.45, 7) is 0.121. The maximum atomic E-state index is 9.95. The molecule has 3 unspecified atom stereocenters. The summed E-state index contributed by atoms with van der Waals surface area (Å²) in [7, 11) is 1.52. The minimum absolute atomic E-state index is 0.121. The van der Waals surface area contributed by atoms with E-state index in [0.717, 1.165) is 5.56 Å². The van der Waals surface area contributed by atoms with Crippen LogP contribution in [-0.4, -0.2) is 53.6 Å². The molecule has 1 aliphatic carbocycles. The van der Waals surface area contributed by atoms with Gasteiger partial charge in [0.15, 0.2) is 11.5 Å². The molecule has 0 amide bonds. The summed E-state index contributed by atoms with van der Waals surface area (Å²) in [6.07, 6.45) is -3.19. The Morgan fingerprint density at radius 1 is 1.19 bits per heavy atom. The lowest BCUT2D eigenvalue weighted by molar-refractivity contribution is -0.0988. The third-order valence-corrected chi connectivity index (χ3v) is 4.21. The van der Waals surface area contributed by atoms with E-state index in [-0.39, 0.29) is 19.1 Å².